The van der Waals surface area contributed by atoms with E-state index in [4.69, 9.17) is 9.47 Å². The molecule has 0 bridgehead atoms. The van der Waals surface area contributed by atoms with Crippen LogP contribution in [-0.4, -0.2) is 34.5 Å². The van der Waals surface area contributed by atoms with Crippen molar-refractivity contribution in [2.24, 2.45) is 0 Å². The molecule has 0 fully saturated rings. The lowest BCUT2D eigenvalue weighted by Crippen LogP contribution is -2.59. The molecule has 0 amide bonds. The van der Waals surface area contributed by atoms with Crippen molar-refractivity contribution in [2.45, 2.75) is 23.8 Å². The first kappa shape index (κ1) is 13.4. The third-order valence-corrected chi connectivity index (χ3v) is 4.90. The van der Waals surface area contributed by atoms with Crippen LogP contribution in [0.1, 0.15) is 24.2 Å². The SMILES string of the molecule is COc1ccc2c(c1)OC(C)(C)C(Br)(CO)C2=O. The minimum Gasteiger partial charge on any atom is -0.497 e. The molecular formula is C13H15BrO4. The third kappa shape index (κ3) is 1.73. The Bertz CT molecular complexity index is 498. The van der Waals surface area contributed by atoms with Gasteiger partial charge in [-0.05, 0) is 26.0 Å². The first-order valence-corrected chi connectivity index (χ1v) is 6.36. The average molecular weight is 315 g/mol. The van der Waals surface area contributed by atoms with E-state index in [1.165, 1.54) is 0 Å². The molecule has 1 aliphatic heterocycles. The molecule has 0 spiro atoms. The van der Waals surface area contributed by atoms with Crippen molar-refractivity contribution in [3.63, 3.8) is 0 Å². The summed E-state index contributed by atoms with van der Waals surface area (Å²) in [4.78, 5) is 12.5. The molecule has 98 valence electrons. The van der Waals surface area contributed by atoms with E-state index in [1.54, 1.807) is 39.2 Å². The zero-order chi connectivity index (χ0) is 13.6. The first-order valence-electron chi connectivity index (χ1n) is 5.57. The number of Topliss-reactive ketones (excluding diaryl/α,β-unsaturated/α-hetero) is 1. The summed E-state index contributed by atoms with van der Waals surface area (Å²) in [5, 5.41) is 9.51. The van der Waals surface area contributed by atoms with Gasteiger partial charge >= 0.3 is 0 Å². The van der Waals surface area contributed by atoms with Crippen molar-refractivity contribution in [2.75, 3.05) is 13.7 Å². The molecule has 0 aliphatic carbocycles. The second-order valence-electron chi connectivity index (χ2n) is 4.76. The number of aliphatic hydroxyl groups is 1. The fourth-order valence-corrected chi connectivity index (χ4v) is 2.30. The average Bonchev–Trinajstić information content (AvgIpc) is 2.34. The molecule has 2 rings (SSSR count). The second-order valence-corrected chi connectivity index (χ2v) is 6.12. The monoisotopic (exact) mass is 314 g/mol. The number of carbonyl (C=O) groups excluding carboxylic acids is 1. The maximum atomic E-state index is 12.5. The predicted molar refractivity (Wildman–Crippen MR) is 70.8 cm³/mol. The van der Waals surface area contributed by atoms with E-state index < -0.39 is 9.93 Å². The smallest absolute Gasteiger partial charge is 0.189 e. The van der Waals surface area contributed by atoms with Gasteiger partial charge in [0.25, 0.3) is 0 Å². The van der Waals surface area contributed by atoms with Gasteiger partial charge in [-0.15, -0.1) is 0 Å². The zero-order valence-corrected chi connectivity index (χ0v) is 12.1. The predicted octanol–water partition coefficient (Wildman–Crippen LogP) is 2.17. The van der Waals surface area contributed by atoms with E-state index in [0.29, 0.717) is 17.1 Å². The molecule has 4 nitrogen and oxygen atoms in total. The van der Waals surface area contributed by atoms with E-state index >= 15 is 0 Å². The minimum absolute atomic E-state index is 0.182. The maximum Gasteiger partial charge on any atom is 0.189 e. The number of methoxy groups -OCH3 is 1. The normalized spacial score (nSPS) is 25.3. The van der Waals surface area contributed by atoms with Crippen LogP contribution in [0, 0.1) is 0 Å². The number of hydrogen-bond acceptors (Lipinski definition) is 4. The Morgan fingerprint density at radius 1 is 1.44 bits per heavy atom. The Morgan fingerprint density at radius 2 is 2.11 bits per heavy atom. The number of benzene rings is 1. The number of halogens is 1. The molecule has 0 aromatic heterocycles. The van der Waals surface area contributed by atoms with Gasteiger partial charge in [-0.1, -0.05) is 15.9 Å². The highest BCUT2D eigenvalue weighted by Crippen LogP contribution is 2.45. The largest absolute Gasteiger partial charge is 0.497 e. The minimum atomic E-state index is -1.12. The highest BCUT2D eigenvalue weighted by molar-refractivity contribution is 9.10. The number of aliphatic hydroxyl groups excluding tert-OH is 1. The molecule has 5 heteroatoms. The van der Waals surface area contributed by atoms with Crippen LogP contribution in [0.4, 0.5) is 0 Å². The summed E-state index contributed by atoms with van der Waals surface area (Å²) in [6.07, 6.45) is 0. The molecule has 1 atom stereocenters. The van der Waals surface area contributed by atoms with Crippen molar-refractivity contribution < 1.29 is 19.4 Å². The highest BCUT2D eigenvalue weighted by atomic mass is 79.9. The van der Waals surface area contributed by atoms with Gasteiger partial charge in [0, 0.05) is 6.07 Å². The molecule has 0 radical (unpaired) electrons. The molecule has 1 aromatic carbocycles. The molecule has 0 saturated carbocycles. The first-order chi connectivity index (χ1) is 8.35. The molecular weight excluding hydrogens is 300 g/mol. The molecule has 1 unspecified atom stereocenters. The topological polar surface area (TPSA) is 55.8 Å². The lowest BCUT2D eigenvalue weighted by Gasteiger charge is -2.44. The number of rotatable bonds is 2. The number of hydrogen-bond donors (Lipinski definition) is 1. The maximum absolute atomic E-state index is 12.5. The number of alkyl halides is 1. The van der Waals surface area contributed by atoms with E-state index in [2.05, 4.69) is 15.9 Å². The van der Waals surface area contributed by atoms with Crippen molar-refractivity contribution >= 4 is 21.7 Å². The fourth-order valence-electron chi connectivity index (χ4n) is 2.01. The van der Waals surface area contributed by atoms with Crippen LogP contribution >= 0.6 is 15.9 Å². The Morgan fingerprint density at radius 3 is 2.67 bits per heavy atom. The lowest BCUT2D eigenvalue weighted by atomic mass is 9.81. The van der Waals surface area contributed by atoms with Gasteiger partial charge in [-0.2, -0.15) is 0 Å². The molecule has 18 heavy (non-hydrogen) atoms. The summed E-state index contributed by atoms with van der Waals surface area (Å²) >= 11 is 3.33. The summed E-state index contributed by atoms with van der Waals surface area (Å²) in [5.41, 5.74) is -0.404. The Balaban J connectivity index is 2.58. The summed E-state index contributed by atoms with van der Waals surface area (Å²) in [6, 6.07) is 5.03. The van der Waals surface area contributed by atoms with Crippen molar-refractivity contribution in [3.8, 4) is 11.5 Å². The van der Waals surface area contributed by atoms with E-state index in [0.717, 1.165) is 0 Å². The van der Waals surface area contributed by atoms with Crippen LogP contribution in [0.5, 0.6) is 11.5 Å². The van der Waals surface area contributed by atoms with Gasteiger partial charge in [0.05, 0.1) is 19.3 Å². The molecule has 0 saturated heterocycles. The van der Waals surface area contributed by atoms with E-state index in [-0.39, 0.29) is 12.4 Å². The number of ether oxygens (including phenoxy) is 2. The summed E-state index contributed by atoms with van der Waals surface area (Å²) < 4.78 is 9.82. The van der Waals surface area contributed by atoms with Crippen LogP contribution in [-0.2, 0) is 0 Å². The fraction of sp³-hybridized carbons (Fsp3) is 0.462. The highest BCUT2D eigenvalue weighted by Gasteiger charge is 2.55. The number of fused-ring (bicyclic) bond motifs is 1. The summed E-state index contributed by atoms with van der Waals surface area (Å²) in [6.45, 7) is 3.20. The van der Waals surface area contributed by atoms with Gasteiger partial charge in [0.2, 0.25) is 0 Å². The number of ketones is 1. The van der Waals surface area contributed by atoms with Gasteiger partial charge in [-0.25, -0.2) is 0 Å². The van der Waals surface area contributed by atoms with Gasteiger partial charge < -0.3 is 14.6 Å². The lowest BCUT2D eigenvalue weighted by molar-refractivity contribution is 0.0244. The Hall–Kier alpha value is -1.07. The van der Waals surface area contributed by atoms with Crippen LogP contribution < -0.4 is 9.47 Å². The van der Waals surface area contributed by atoms with Crippen LogP contribution in [0.2, 0.25) is 0 Å². The summed E-state index contributed by atoms with van der Waals surface area (Å²) in [7, 11) is 1.56. The molecule has 1 heterocycles. The van der Waals surface area contributed by atoms with Gasteiger partial charge in [-0.3, -0.25) is 4.79 Å². The van der Waals surface area contributed by atoms with Crippen molar-refractivity contribution in [1.82, 2.24) is 0 Å². The van der Waals surface area contributed by atoms with E-state index in [9.17, 15) is 9.90 Å². The van der Waals surface area contributed by atoms with Crippen LogP contribution in [0.15, 0.2) is 18.2 Å². The zero-order valence-electron chi connectivity index (χ0n) is 10.5. The molecule has 1 aliphatic rings. The molecule has 1 aromatic rings. The Kier molecular flexibility index (Phi) is 3.15. The van der Waals surface area contributed by atoms with Crippen LogP contribution in [0.3, 0.4) is 0 Å². The summed E-state index contributed by atoms with van der Waals surface area (Å²) in [5.74, 6) is 0.926. The standard InChI is InChI=1S/C13H15BrO4/c1-12(2)13(14,7-15)11(16)9-5-4-8(17-3)6-10(9)18-12/h4-6,15H,7H2,1-3H3. The second kappa shape index (κ2) is 4.24. The quantitative estimate of drug-likeness (QED) is 0.850. The van der Waals surface area contributed by atoms with Gasteiger partial charge in [0.1, 0.15) is 17.1 Å². The Labute approximate surface area is 114 Å². The van der Waals surface area contributed by atoms with Gasteiger partial charge in [0.15, 0.2) is 10.1 Å². The third-order valence-electron chi connectivity index (χ3n) is 3.33. The van der Waals surface area contributed by atoms with E-state index in [1.807, 2.05) is 0 Å². The molecule has 1 N–H and O–H groups in total. The van der Waals surface area contributed by atoms with Crippen molar-refractivity contribution in [3.05, 3.63) is 23.8 Å². The van der Waals surface area contributed by atoms with Crippen molar-refractivity contribution in [1.29, 1.82) is 0 Å². The van der Waals surface area contributed by atoms with Crippen LogP contribution in [0.25, 0.3) is 0 Å². The number of carbonyl (C=O) groups is 1.